The van der Waals surface area contributed by atoms with Crippen LogP contribution in [-0.2, 0) is 33.4 Å². The van der Waals surface area contributed by atoms with E-state index in [2.05, 4.69) is 0 Å². The number of rotatable bonds is 10. The molecule has 0 saturated carbocycles. The number of anilines is 1. The summed E-state index contributed by atoms with van der Waals surface area (Å²) in [6.45, 7) is 5.16. The molecule has 13 unspecified atom stereocenters. The maximum absolute atomic E-state index is 13.3. The average molecular weight is 1110 g/mol. The lowest BCUT2D eigenvalue weighted by Gasteiger charge is -2.41. The zero-order valence-electron chi connectivity index (χ0n) is 45.1. The molecule has 440 valence electrons. The highest BCUT2D eigenvalue weighted by molar-refractivity contribution is 5.96. The molecule has 1 aromatic rings. The molecule has 21 nitrogen and oxygen atoms in total. The summed E-state index contributed by atoms with van der Waals surface area (Å²) in [6, 6.07) is 5.18. The Kier molecular flexibility index (Phi) is 30.4. The highest BCUT2D eigenvalue weighted by Gasteiger charge is 2.43. The SMILES string of the molecule is CC1\C=C/C=C/C=C/C=C/C=C/C=C/C=C\C(O[C@@H]2O[C@H](C)[C@@H](O)[C@H](N)[C@@H]2O)CC(O)C(C(=O)O)C(O)CC(=O)CC(O)CC(O)CC(O)CC(O)CC(=O)CC(O)CC(=O)OC1C(C)CCC(O)CC(=O)c1ccc(N)cc1. The van der Waals surface area contributed by atoms with E-state index in [1.54, 1.807) is 91.1 Å². The van der Waals surface area contributed by atoms with E-state index < -0.39 is 179 Å². The van der Waals surface area contributed by atoms with Gasteiger partial charge in [-0.15, -0.1) is 0 Å². The molecular formula is C58H84N2O19. The van der Waals surface area contributed by atoms with Gasteiger partial charge in [0.15, 0.2) is 12.1 Å². The molecule has 79 heavy (non-hydrogen) atoms. The van der Waals surface area contributed by atoms with Gasteiger partial charge in [-0.2, -0.15) is 0 Å². The zero-order chi connectivity index (χ0) is 58.8. The van der Waals surface area contributed by atoms with Crippen molar-refractivity contribution >= 4 is 35.0 Å². The molecule has 0 aromatic heterocycles. The van der Waals surface area contributed by atoms with Crippen LogP contribution in [0.2, 0.25) is 0 Å². The molecular weight excluding hydrogens is 1030 g/mol. The predicted molar refractivity (Wildman–Crippen MR) is 291 cm³/mol. The predicted octanol–water partition coefficient (Wildman–Crippen LogP) is 2.13. The van der Waals surface area contributed by atoms with Crippen molar-refractivity contribution in [1.29, 1.82) is 0 Å². The molecule has 0 aliphatic carbocycles. The number of hydrogen-bond acceptors (Lipinski definition) is 20. The number of benzene rings is 1. The van der Waals surface area contributed by atoms with Gasteiger partial charge in [0, 0.05) is 55.7 Å². The third-order valence-electron chi connectivity index (χ3n) is 13.6. The first-order valence-electron chi connectivity index (χ1n) is 26.7. The second kappa shape index (κ2) is 35.4. The van der Waals surface area contributed by atoms with Crippen molar-refractivity contribution in [2.24, 2.45) is 23.5 Å². The van der Waals surface area contributed by atoms with Gasteiger partial charge in [0.05, 0.1) is 79.6 Å². The minimum atomic E-state index is -1.97. The number of nitrogens with two attached hydrogens (primary N) is 2. The summed E-state index contributed by atoms with van der Waals surface area (Å²) in [7, 11) is 0. The number of aliphatic hydroxyl groups is 10. The summed E-state index contributed by atoms with van der Waals surface area (Å²) in [5, 5.41) is 117. The van der Waals surface area contributed by atoms with E-state index in [1.165, 1.54) is 19.1 Å². The van der Waals surface area contributed by atoms with Gasteiger partial charge in [0.25, 0.3) is 0 Å². The molecule has 0 spiro atoms. The standard InChI is InChI=1S/C58H84N2O19/c1-34-16-14-12-10-8-6-4-5-7-9-11-13-15-17-47(78-58-55(74)53(60)54(73)36(3)77-58)33-50(71)52(57(75)76)49(70)31-45(67)28-43(65)26-41(63)24-40(62)25-42(64)27-44(66)29-46(68)32-51(72)79-56(34)35(2)18-23-39(61)30-48(69)37-19-21-38(59)22-20-37/h4-17,19-22,34-36,39-43,46-47,49-50,52-56,58,61-65,68,70-71,73-74H,18,23-33,59-60H2,1-3H3,(H,75,76)/b5-4+,8-6+,9-7+,12-10+,13-11+,16-14-,17-15-/t34?,35?,36-,39?,40?,41?,42?,43?,46?,47?,49?,50?,52?,53+,54-,55+,56?,58+/m1/s1. The minimum absolute atomic E-state index is 0.135. The van der Waals surface area contributed by atoms with Gasteiger partial charge >= 0.3 is 11.9 Å². The van der Waals surface area contributed by atoms with Crippen molar-refractivity contribution in [3.05, 3.63) is 115 Å². The summed E-state index contributed by atoms with van der Waals surface area (Å²) in [5.74, 6) is -6.88. The molecule has 1 saturated heterocycles. The van der Waals surface area contributed by atoms with Crippen molar-refractivity contribution in [3.63, 3.8) is 0 Å². The molecule has 18 atom stereocenters. The van der Waals surface area contributed by atoms with Crippen molar-refractivity contribution in [2.75, 3.05) is 5.73 Å². The number of nitrogen functional groups attached to an aromatic ring is 1. The number of carboxylic acid groups (broad SMARTS) is 1. The van der Waals surface area contributed by atoms with Crippen molar-refractivity contribution in [2.45, 2.75) is 190 Å². The Labute approximate surface area is 461 Å². The first-order chi connectivity index (χ1) is 37.3. The van der Waals surface area contributed by atoms with Crippen LogP contribution in [0.3, 0.4) is 0 Å². The number of ether oxygens (including phenoxy) is 3. The zero-order valence-corrected chi connectivity index (χ0v) is 45.1. The van der Waals surface area contributed by atoms with Gasteiger partial charge in [-0.1, -0.05) is 98.9 Å². The highest BCUT2D eigenvalue weighted by Crippen LogP contribution is 2.28. The minimum Gasteiger partial charge on any atom is -0.481 e. The molecule has 15 N–H and O–H groups in total. The first kappa shape index (κ1) is 67.9. The van der Waals surface area contributed by atoms with Crippen molar-refractivity contribution in [1.82, 2.24) is 0 Å². The second-order valence-corrected chi connectivity index (χ2v) is 20.7. The third-order valence-corrected chi connectivity index (χ3v) is 13.6. The van der Waals surface area contributed by atoms with Crippen LogP contribution in [0.4, 0.5) is 5.69 Å². The second-order valence-electron chi connectivity index (χ2n) is 20.7. The molecule has 2 heterocycles. The number of carbonyl (C=O) groups is 5. The molecule has 0 radical (unpaired) electrons. The number of allylic oxidation sites excluding steroid dienone is 12. The molecule has 2 aliphatic heterocycles. The first-order valence-corrected chi connectivity index (χ1v) is 26.7. The number of ketones is 3. The number of carboxylic acids is 1. The van der Waals surface area contributed by atoms with E-state index in [1.807, 2.05) is 19.9 Å². The number of carbonyl (C=O) groups excluding carboxylic acids is 4. The average Bonchev–Trinajstić information content (AvgIpc) is 3.35. The van der Waals surface area contributed by atoms with Gasteiger partial charge < -0.3 is 81.8 Å². The van der Waals surface area contributed by atoms with Gasteiger partial charge in [-0.05, 0) is 69.2 Å². The fourth-order valence-electron chi connectivity index (χ4n) is 9.23. The lowest BCUT2D eigenvalue weighted by atomic mass is 9.88. The largest absolute Gasteiger partial charge is 0.481 e. The van der Waals surface area contributed by atoms with E-state index >= 15 is 0 Å². The van der Waals surface area contributed by atoms with E-state index in [9.17, 15) is 80.1 Å². The van der Waals surface area contributed by atoms with Gasteiger partial charge in [0.2, 0.25) is 0 Å². The molecule has 0 bridgehead atoms. The summed E-state index contributed by atoms with van der Waals surface area (Å²) in [4.78, 5) is 64.3. The summed E-state index contributed by atoms with van der Waals surface area (Å²) >= 11 is 0. The Morgan fingerprint density at radius 2 is 1.13 bits per heavy atom. The number of aliphatic carboxylic acids is 1. The number of hydrogen-bond donors (Lipinski definition) is 13. The summed E-state index contributed by atoms with van der Waals surface area (Å²) < 4.78 is 17.4. The molecule has 1 fully saturated rings. The number of aliphatic hydroxyl groups excluding tert-OH is 10. The topological polar surface area (TPSA) is 388 Å². The number of esters is 1. The molecule has 1 aromatic carbocycles. The van der Waals surface area contributed by atoms with Crippen LogP contribution in [0.25, 0.3) is 0 Å². The van der Waals surface area contributed by atoms with Gasteiger partial charge in [-0.25, -0.2) is 0 Å². The summed E-state index contributed by atoms with van der Waals surface area (Å²) in [5.41, 5.74) is 12.6. The van der Waals surface area contributed by atoms with E-state index in [0.717, 1.165) is 0 Å². The van der Waals surface area contributed by atoms with E-state index in [-0.39, 0.29) is 30.5 Å². The third kappa shape index (κ3) is 25.7. The van der Waals surface area contributed by atoms with Crippen LogP contribution in [0.5, 0.6) is 0 Å². The molecule has 21 heteroatoms. The quantitative estimate of drug-likeness (QED) is 0.0906. The van der Waals surface area contributed by atoms with Gasteiger partial charge in [-0.3, -0.25) is 24.0 Å². The molecule has 2 aliphatic rings. The normalized spacial score (nSPS) is 36.2. The van der Waals surface area contributed by atoms with Crippen LogP contribution >= 0.6 is 0 Å². The Bertz CT molecular complexity index is 2260. The maximum Gasteiger partial charge on any atom is 0.311 e. The molecule has 0 amide bonds. The highest BCUT2D eigenvalue weighted by atomic mass is 16.7. The van der Waals surface area contributed by atoms with Crippen LogP contribution in [0.15, 0.2) is 109 Å². The Balaban J connectivity index is 1.83. The lowest BCUT2D eigenvalue weighted by molar-refractivity contribution is -0.277. The monoisotopic (exact) mass is 1110 g/mol. The van der Waals surface area contributed by atoms with E-state index in [4.69, 9.17) is 25.7 Å². The Morgan fingerprint density at radius 3 is 1.67 bits per heavy atom. The fraction of sp³-hybridized carbons (Fsp3) is 0.569. The Morgan fingerprint density at radius 1 is 0.633 bits per heavy atom. The van der Waals surface area contributed by atoms with Crippen molar-refractivity contribution in [3.8, 4) is 0 Å². The molecule has 3 rings (SSSR count). The number of Topliss-reactive ketones (excluding diaryl/α,β-unsaturated/α-hetero) is 3. The van der Waals surface area contributed by atoms with Crippen LogP contribution in [-0.4, -0.2) is 177 Å². The van der Waals surface area contributed by atoms with Crippen LogP contribution in [0.1, 0.15) is 108 Å². The van der Waals surface area contributed by atoms with Crippen LogP contribution < -0.4 is 11.5 Å². The number of cyclic esters (lactones) is 1. The fourth-order valence-corrected chi connectivity index (χ4v) is 9.23. The van der Waals surface area contributed by atoms with E-state index in [0.29, 0.717) is 17.7 Å². The van der Waals surface area contributed by atoms with Crippen LogP contribution in [0, 0.1) is 17.8 Å². The Hall–Kier alpha value is -5.37. The van der Waals surface area contributed by atoms with Gasteiger partial charge in [0.1, 0.15) is 29.7 Å². The smallest absolute Gasteiger partial charge is 0.311 e. The lowest BCUT2D eigenvalue weighted by Crippen LogP contribution is -2.61. The van der Waals surface area contributed by atoms with Crippen molar-refractivity contribution < 1.29 is 94.4 Å². The summed E-state index contributed by atoms with van der Waals surface area (Å²) in [6.07, 6.45) is 0.194. The maximum atomic E-state index is 13.3.